The molecule has 0 bridgehead atoms. The van der Waals surface area contributed by atoms with Gasteiger partial charge in [0.25, 0.3) is 5.91 Å². The Bertz CT molecular complexity index is 415. The second-order valence-electron chi connectivity index (χ2n) is 4.85. The lowest BCUT2D eigenvalue weighted by Crippen LogP contribution is -2.41. The molecule has 0 radical (unpaired) electrons. The van der Waals surface area contributed by atoms with Crippen LogP contribution in [-0.4, -0.2) is 18.1 Å². The molecule has 1 amide bonds. The van der Waals surface area contributed by atoms with Crippen LogP contribution in [0.2, 0.25) is 0 Å². The Morgan fingerprint density at radius 1 is 1.33 bits per heavy atom. The van der Waals surface area contributed by atoms with E-state index in [1.54, 1.807) is 6.92 Å². The normalized spacial score (nSPS) is 13.8. The number of carbonyl (C=O) groups excluding carboxylic acids is 1. The van der Waals surface area contributed by atoms with E-state index in [1.165, 1.54) is 0 Å². The summed E-state index contributed by atoms with van der Waals surface area (Å²) in [6, 6.07) is 6.18. The summed E-state index contributed by atoms with van der Waals surface area (Å²) in [5.74, 6) is 0.715. The van der Waals surface area contributed by atoms with Gasteiger partial charge in [-0.05, 0) is 51.3 Å². The SMILES string of the molecule is CCC(C)NC(=O)C(C)Oc1cc(C)ccc1C. The minimum absolute atomic E-state index is 0.0646. The third-order valence-corrected chi connectivity index (χ3v) is 3.02. The van der Waals surface area contributed by atoms with Gasteiger partial charge < -0.3 is 10.1 Å². The van der Waals surface area contributed by atoms with Gasteiger partial charge in [0.15, 0.2) is 6.10 Å². The fourth-order valence-corrected chi connectivity index (χ4v) is 1.54. The molecule has 1 aromatic carbocycles. The minimum atomic E-state index is -0.473. The summed E-state index contributed by atoms with van der Waals surface area (Å²) in [7, 11) is 0. The van der Waals surface area contributed by atoms with Gasteiger partial charge in [0.05, 0.1) is 0 Å². The van der Waals surface area contributed by atoms with Crippen molar-refractivity contribution < 1.29 is 9.53 Å². The summed E-state index contributed by atoms with van der Waals surface area (Å²) < 4.78 is 5.72. The highest BCUT2D eigenvalue weighted by molar-refractivity contribution is 5.81. The van der Waals surface area contributed by atoms with Crippen LogP contribution < -0.4 is 10.1 Å². The number of ether oxygens (including phenoxy) is 1. The molecule has 0 saturated carbocycles. The second-order valence-corrected chi connectivity index (χ2v) is 4.85. The van der Waals surface area contributed by atoms with Crippen molar-refractivity contribution >= 4 is 5.91 Å². The largest absolute Gasteiger partial charge is 0.481 e. The highest BCUT2D eigenvalue weighted by Gasteiger charge is 2.16. The van der Waals surface area contributed by atoms with Crippen LogP contribution in [-0.2, 0) is 4.79 Å². The minimum Gasteiger partial charge on any atom is -0.481 e. The molecule has 1 rings (SSSR count). The molecule has 1 aromatic rings. The Labute approximate surface area is 110 Å². The van der Waals surface area contributed by atoms with Gasteiger partial charge >= 0.3 is 0 Å². The van der Waals surface area contributed by atoms with Gasteiger partial charge in [-0.2, -0.15) is 0 Å². The van der Waals surface area contributed by atoms with Crippen LogP contribution in [0.1, 0.15) is 38.3 Å². The van der Waals surface area contributed by atoms with Crippen LogP contribution in [0, 0.1) is 13.8 Å². The van der Waals surface area contributed by atoms with E-state index in [2.05, 4.69) is 5.32 Å². The monoisotopic (exact) mass is 249 g/mol. The van der Waals surface area contributed by atoms with Gasteiger partial charge in [0, 0.05) is 6.04 Å². The molecular weight excluding hydrogens is 226 g/mol. The van der Waals surface area contributed by atoms with Crippen molar-refractivity contribution in [2.24, 2.45) is 0 Å². The molecule has 100 valence electrons. The maximum Gasteiger partial charge on any atom is 0.260 e. The number of rotatable bonds is 5. The Morgan fingerprint density at radius 3 is 2.61 bits per heavy atom. The lowest BCUT2D eigenvalue weighted by molar-refractivity contribution is -0.127. The molecule has 3 heteroatoms. The van der Waals surface area contributed by atoms with Gasteiger partial charge in [-0.25, -0.2) is 0 Å². The molecule has 0 saturated heterocycles. The number of benzene rings is 1. The van der Waals surface area contributed by atoms with E-state index in [0.717, 1.165) is 23.3 Å². The number of aryl methyl sites for hydroxylation is 2. The van der Waals surface area contributed by atoms with Crippen molar-refractivity contribution in [3.8, 4) is 5.75 Å². The highest BCUT2D eigenvalue weighted by Crippen LogP contribution is 2.20. The van der Waals surface area contributed by atoms with Crippen molar-refractivity contribution in [3.63, 3.8) is 0 Å². The Hall–Kier alpha value is -1.51. The number of hydrogen-bond donors (Lipinski definition) is 1. The molecule has 2 unspecified atom stereocenters. The highest BCUT2D eigenvalue weighted by atomic mass is 16.5. The molecule has 1 N–H and O–H groups in total. The third-order valence-electron chi connectivity index (χ3n) is 3.02. The predicted octanol–water partition coefficient (Wildman–Crippen LogP) is 2.99. The fourth-order valence-electron chi connectivity index (χ4n) is 1.54. The van der Waals surface area contributed by atoms with E-state index >= 15 is 0 Å². The Balaban J connectivity index is 2.66. The van der Waals surface area contributed by atoms with Gasteiger partial charge in [0.1, 0.15) is 5.75 Å². The molecule has 0 fully saturated rings. The summed E-state index contributed by atoms with van der Waals surface area (Å²) in [4.78, 5) is 11.9. The lowest BCUT2D eigenvalue weighted by Gasteiger charge is -2.19. The first-order valence-electron chi connectivity index (χ1n) is 6.48. The molecule has 18 heavy (non-hydrogen) atoms. The van der Waals surface area contributed by atoms with Crippen molar-refractivity contribution in [1.29, 1.82) is 0 Å². The lowest BCUT2D eigenvalue weighted by atomic mass is 10.1. The zero-order valence-corrected chi connectivity index (χ0v) is 11.9. The van der Waals surface area contributed by atoms with E-state index in [0.29, 0.717) is 0 Å². The average Bonchev–Trinajstić information content (AvgIpc) is 2.33. The van der Waals surface area contributed by atoms with Crippen molar-refractivity contribution in [3.05, 3.63) is 29.3 Å². The summed E-state index contributed by atoms with van der Waals surface area (Å²) >= 11 is 0. The second kappa shape index (κ2) is 6.43. The molecule has 0 aliphatic carbocycles. The van der Waals surface area contributed by atoms with Crippen LogP contribution in [0.3, 0.4) is 0 Å². The molecule has 0 aliphatic heterocycles. The molecule has 2 atom stereocenters. The van der Waals surface area contributed by atoms with Crippen molar-refractivity contribution in [1.82, 2.24) is 5.32 Å². The first kappa shape index (κ1) is 14.6. The Kier molecular flexibility index (Phi) is 5.20. The summed E-state index contributed by atoms with van der Waals surface area (Å²) in [6.45, 7) is 9.80. The van der Waals surface area contributed by atoms with Gasteiger partial charge in [-0.1, -0.05) is 19.1 Å². The number of carbonyl (C=O) groups is 1. The molecule has 0 aromatic heterocycles. The molecule has 0 spiro atoms. The zero-order valence-electron chi connectivity index (χ0n) is 11.9. The van der Waals surface area contributed by atoms with Gasteiger partial charge in [-0.15, -0.1) is 0 Å². The molecule has 0 heterocycles. The Morgan fingerprint density at radius 2 is 2.00 bits per heavy atom. The zero-order chi connectivity index (χ0) is 13.7. The maximum atomic E-state index is 11.9. The number of hydrogen-bond acceptors (Lipinski definition) is 2. The van der Waals surface area contributed by atoms with E-state index < -0.39 is 6.10 Å². The quantitative estimate of drug-likeness (QED) is 0.871. The predicted molar refractivity (Wildman–Crippen MR) is 73.9 cm³/mol. The third kappa shape index (κ3) is 4.06. The van der Waals surface area contributed by atoms with Gasteiger partial charge in [0.2, 0.25) is 0 Å². The maximum absolute atomic E-state index is 11.9. The fraction of sp³-hybridized carbons (Fsp3) is 0.533. The average molecular weight is 249 g/mol. The summed E-state index contributed by atoms with van der Waals surface area (Å²) in [5, 5.41) is 2.92. The van der Waals surface area contributed by atoms with Crippen molar-refractivity contribution in [2.45, 2.75) is 53.2 Å². The molecule has 0 aliphatic rings. The number of nitrogens with one attached hydrogen (secondary N) is 1. The first-order valence-corrected chi connectivity index (χ1v) is 6.48. The standard InChI is InChI=1S/C15H23NO2/c1-6-12(4)16-15(17)13(5)18-14-9-10(2)7-8-11(14)3/h7-9,12-13H,6H2,1-5H3,(H,16,17). The molecular formula is C15H23NO2. The summed E-state index contributed by atoms with van der Waals surface area (Å²) in [6.07, 6.45) is 0.446. The van der Waals surface area contributed by atoms with Crippen LogP contribution >= 0.6 is 0 Å². The topological polar surface area (TPSA) is 38.3 Å². The van der Waals surface area contributed by atoms with Gasteiger partial charge in [-0.3, -0.25) is 4.79 Å². The smallest absolute Gasteiger partial charge is 0.260 e. The molecule has 3 nitrogen and oxygen atoms in total. The summed E-state index contributed by atoms with van der Waals surface area (Å²) in [5.41, 5.74) is 2.17. The van der Waals surface area contributed by atoms with Crippen LogP contribution in [0.5, 0.6) is 5.75 Å². The van der Waals surface area contributed by atoms with Crippen molar-refractivity contribution in [2.75, 3.05) is 0 Å². The van der Waals surface area contributed by atoms with E-state index in [4.69, 9.17) is 4.74 Å². The van der Waals surface area contributed by atoms with Crippen LogP contribution in [0.25, 0.3) is 0 Å². The van der Waals surface area contributed by atoms with E-state index in [-0.39, 0.29) is 11.9 Å². The van der Waals surface area contributed by atoms with E-state index in [1.807, 2.05) is 45.9 Å². The first-order chi connectivity index (χ1) is 8.43. The van der Waals surface area contributed by atoms with Crippen LogP contribution in [0.4, 0.5) is 0 Å². The number of amides is 1. The van der Waals surface area contributed by atoms with E-state index in [9.17, 15) is 4.79 Å². The van der Waals surface area contributed by atoms with Crippen LogP contribution in [0.15, 0.2) is 18.2 Å².